The normalized spacial score (nSPS) is 18.1. The second-order valence-corrected chi connectivity index (χ2v) is 4.17. The van der Waals surface area contributed by atoms with Crippen LogP contribution in [0, 0.1) is 0 Å². The van der Waals surface area contributed by atoms with E-state index in [1.807, 2.05) is 0 Å². The van der Waals surface area contributed by atoms with Gasteiger partial charge < -0.3 is 9.90 Å². The molecule has 0 bridgehead atoms. The number of carboxylic acids is 1. The second-order valence-electron chi connectivity index (χ2n) is 4.17. The number of carbonyl (C=O) groups excluding carboxylic acids is 1. The summed E-state index contributed by atoms with van der Waals surface area (Å²) < 4.78 is 38.4. The number of nitrogens with zero attached hydrogens (tertiary/aromatic N) is 2. The molecule has 2 rings (SSSR count). The fourth-order valence-corrected chi connectivity index (χ4v) is 1.64. The number of rotatable bonds is 3. The monoisotopic (exact) mass is 247 g/mol. The van der Waals surface area contributed by atoms with Crippen molar-refractivity contribution in [3.8, 4) is 0 Å². The van der Waals surface area contributed by atoms with Crippen molar-refractivity contribution in [1.29, 1.82) is 0 Å². The van der Waals surface area contributed by atoms with E-state index in [0.29, 0.717) is 5.69 Å². The van der Waals surface area contributed by atoms with Crippen LogP contribution in [0.1, 0.15) is 43.1 Å². The molecule has 0 unspecified atom stereocenters. The van der Waals surface area contributed by atoms with Gasteiger partial charge in [-0.25, -0.2) is 0 Å². The van der Waals surface area contributed by atoms with Crippen molar-refractivity contribution in [2.75, 3.05) is 0 Å². The predicted molar refractivity (Wildman–Crippen MR) is 48.9 cm³/mol. The van der Waals surface area contributed by atoms with Gasteiger partial charge in [0.05, 0.1) is 12.0 Å². The summed E-state index contributed by atoms with van der Waals surface area (Å²) in [6, 6.07) is -0.265. The maximum Gasteiger partial charge on any atom is 0.435 e. The zero-order chi connectivity index (χ0) is 12.8. The van der Waals surface area contributed by atoms with E-state index in [1.165, 1.54) is 6.92 Å². The highest BCUT2D eigenvalue weighted by atomic mass is 19.4. The number of aliphatic carboxylic acids is 1. The van der Waals surface area contributed by atoms with Crippen LogP contribution in [0.2, 0.25) is 0 Å². The van der Waals surface area contributed by atoms with Gasteiger partial charge in [0, 0.05) is 11.6 Å². The van der Waals surface area contributed by atoms with E-state index in [0.717, 1.165) is 23.6 Å². The van der Waals surface area contributed by atoms with Crippen LogP contribution in [0.3, 0.4) is 0 Å². The smallest absolute Gasteiger partial charge is 0.435 e. The molecule has 4 nitrogen and oxygen atoms in total. The van der Waals surface area contributed by atoms with E-state index in [9.17, 15) is 23.1 Å². The van der Waals surface area contributed by atoms with Gasteiger partial charge in [-0.3, -0.25) is 4.68 Å². The van der Waals surface area contributed by atoms with Gasteiger partial charge in [-0.2, -0.15) is 18.3 Å². The standard InChI is InChI=1S/C10H11F3N2O2/c1-5(9(16)17)15-7(6-2-3-6)4-8(14-15)10(11,12)13/h4-6H,2-3H2,1H3,(H,16,17)/p-1/t5-/m0/s1. The molecule has 0 aromatic carbocycles. The molecular formula is C10H10F3N2O2-. The predicted octanol–water partition coefficient (Wildman–Crippen LogP) is 1.09. The summed E-state index contributed by atoms with van der Waals surface area (Å²) in [5, 5.41) is 14.0. The van der Waals surface area contributed by atoms with Crippen LogP contribution >= 0.6 is 0 Å². The lowest BCUT2D eigenvalue weighted by Gasteiger charge is -2.16. The third-order valence-electron chi connectivity index (χ3n) is 2.76. The molecule has 0 aliphatic heterocycles. The van der Waals surface area contributed by atoms with Crippen LogP contribution in [0.4, 0.5) is 13.2 Å². The molecule has 1 saturated carbocycles. The Labute approximate surface area is 95.0 Å². The Bertz CT molecular complexity index is 449. The second kappa shape index (κ2) is 3.75. The average Bonchev–Trinajstić information content (AvgIpc) is 2.94. The first-order valence-corrected chi connectivity index (χ1v) is 5.18. The van der Waals surface area contributed by atoms with E-state index in [-0.39, 0.29) is 5.92 Å². The topological polar surface area (TPSA) is 57.9 Å². The Morgan fingerprint density at radius 3 is 2.59 bits per heavy atom. The molecule has 1 atom stereocenters. The summed E-state index contributed by atoms with van der Waals surface area (Å²) in [6.07, 6.45) is -3.02. The molecule has 0 saturated heterocycles. The van der Waals surface area contributed by atoms with E-state index in [2.05, 4.69) is 5.10 Å². The number of carboxylic acid groups (broad SMARTS) is 1. The van der Waals surface area contributed by atoms with Gasteiger partial charge >= 0.3 is 6.18 Å². The zero-order valence-electron chi connectivity index (χ0n) is 8.99. The molecule has 1 aliphatic carbocycles. The van der Waals surface area contributed by atoms with Crippen molar-refractivity contribution in [3.05, 3.63) is 17.5 Å². The van der Waals surface area contributed by atoms with E-state index < -0.39 is 23.9 Å². The minimum atomic E-state index is -4.56. The number of halogens is 3. The van der Waals surface area contributed by atoms with Crippen molar-refractivity contribution in [1.82, 2.24) is 9.78 Å². The van der Waals surface area contributed by atoms with Gasteiger partial charge in [-0.1, -0.05) is 0 Å². The Balaban J connectivity index is 2.42. The molecule has 7 heteroatoms. The summed E-state index contributed by atoms with van der Waals surface area (Å²) in [6.45, 7) is 1.26. The summed E-state index contributed by atoms with van der Waals surface area (Å²) in [5.41, 5.74) is -0.721. The highest BCUT2D eigenvalue weighted by Gasteiger charge is 2.38. The van der Waals surface area contributed by atoms with Crippen LogP contribution in [-0.4, -0.2) is 15.7 Å². The van der Waals surface area contributed by atoms with Gasteiger partial charge in [-0.05, 0) is 25.8 Å². The zero-order valence-corrected chi connectivity index (χ0v) is 8.99. The minimum Gasteiger partial charge on any atom is -0.548 e. The molecule has 1 aliphatic rings. The fourth-order valence-electron chi connectivity index (χ4n) is 1.64. The van der Waals surface area contributed by atoms with Crippen LogP contribution in [0.15, 0.2) is 6.07 Å². The molecule has 17 heavy (non-hydrogen) atoms. The van der Waals surface area contributed by atoms with Crippen molar-refractivity contribution in [2.24, 2.45) is 0 Å². The lowest BCUT2D eigenvalue weighted by Crippen LogP contribution is -2.32. The molecule has 0 spiro atoms. The molecule has 1 heterocycles. The van der Waals surface area contributed by atoms with Crippen molar-refractivity contribution >= 4 is 5.97 Å². The van der Waals surface area contributed by atoms with Gasteiger partial charge in [0.2, 0.25) is 0 Å². The SMILES string of the molecule is C[C@@H](C(=O)[O-])n1nc(C(F)(F)F)cc1C1CC1. The average molecular weight is 247 g/mol. The minimum absolute atomic E-state index is 0.0135. The number of hydrogen-bond acceptors (Lipinski definition) is 3. The summed E-state index contributed by atoms with van der Waals surface area (Å²) >= 11 is 0. The number of carbonyl (C=O) groups is 1. The first-order valence-electron chi connectivity index (χ1n) is 5.18. The highest BCUT2D eigenvalue weighted by molar-refractivity contribution is 5.69. The number of alkyl halides is 3. The van der Waals surface area contributed by atoms with Crippen LogP contribution < -0.4 is 5.11 Å². The van der Waals surface area contributed by atoms with Crippen LogP contribution in [0.25, 0.3) is 0 Å². The molecule has 1 aromatic heterocycles. The molecule has 0 N–H and O–H groups in total. The maximum absolute atomic E-state index is 12.5. The molecule has 1 fully saturated rings. The Morgan fingerprint density at radius 1 is 1.59 bits per heavy atom. The first kappa shape index (κ1) is 11.9. The molecule has 0 amide bonds. The van der Waals surface area contributed by atoms with E-state index in [1.54, 1.807) is 0 Å². The number of hydrogen-bond donors (Lipinski definition) is 0. The lowest BCUT2D eigenvalue weighted by molar-refractivity contribution is -0.310. The highest BCUT2D eigenvalue weighted by Crippen LogP contribution is 2.42. The third kappa shape index (κ3) is 2.27. The Morgan fingerprint density at radius 2 is 2.18 bits per heavy atom. The molecular weight excluding hydrogens is 237 g/mol. The summed E-state index contributed by atoms with van der Waals surface area (Å²) in [4.78, 5) is 10.7. The fraction of sp³-hybridized carbons (Fsp3) is 0.600. The van der Waals surface area contributed by atoms with Crippen LogP contribution in [-0.2, 0) is 11.0 Å². The van der Waals surface area contributed by atoms with Crippen LogP contribution in [0.5, 0.6) is 0 Å². The van der Waals surface area contributed by atoms with Gasteiger partial charge in [0.15, 0.2) is 5.69 Å². The Hall–Kier alpha value is -1.53. The molecule has 1 aromatic rings. The first-order chi connectivity index (χ1) is 7.80. The van der Waals surface area contributed by atoms with Gasteiger partial charge in [0.25, 0.3) is 0 Å². The molecule has 94 valence electrons. The van der Waals surface area contributed by atoms with Crippen molar-refractivity contribution in [3.63, 3.8) is 0 Å². The Kier molecular flexibility index (Phi) is 2.63. The van der Waals surface area contributed by atoms with Gasteiger partial charge in [0.1, 0.15) is 0 Å². The van der Waals surface area contributed by atoms with Gasteiger partial charge in [-0.15, -0.1) is 0 Å². The van der Waals surface area contributed by atoms with Crippen molar-refractivity contribution < 1.29 is 23.1 Å². The third-order valence-corrected chi connectivity index (χ3v) is 2.76. The number of aromatic nitrogens is 2. The quantitative estimate of drug-likeness (QED) is 0.803. The summed E-state index contributed by atoms with van der Waals surface area (Å²) in [5.74, 6) is -1.45. The largest absolute Gasteiger partial charge is 0.548 e. The molecule has 0 radical (unpaired) electrons. The summed E-state index contributed by atoms with van der Waals surface area (Å²) in [7, 11) is 0. The maximum atomic E-state index is 12.5. The lowest BCUT2D eigenvalue weighted by atomic mass is 10.2. The van der Waals surface area contributed by atoms with Crippen molar-refractivity contribution in [2.45, 2.75) is 37.9 Å². The van der Waals surface area contributed by atoms with E-state index >= 15 is 0 Å². The van der Waals surface area contributed by atoms with E-state index in [4.69, 9.17) is 0 Å².